The normalized spacial score (nSPS) is 23.3. The Morgan fingerprint density at radius 1 is 1.29 bits per heavy atom. The number of halogens is 1. The highest BCUT2D eigenvalue weighted by atomic mass is 127. The molecule has 14 heavy (non-hydrogen) atoms. The molecule has 1 aliphatic rings. The molecule has 2 nitrogen and oxygen atoms in total. The lowest BCUT2D eigenvalue weighted by Crippen LogP contribution is -2.12. The molecule has 0 amide bonds. The van der Waals surface area contributed by atoms with Crippen molar-refractivity contribution in [3.05, 3.63) is 0 Å². The van der Waals surface area contributed by atoms with Crippen molar-refractivity contribution in [1.29, 1.82) is 0 Å². The molecule has 0 bridgehead atoms. The van der Waals surface area contributed by atoms with Gasteiger partial charge in [-0.15, -0.1) is 0 Å². The summed E-state index contributed by atoms with van der Waals surface area (Å²) in [5.41, 5.74) is 0. The fourth-order valence-electron chi connectivity index (χ4n) is 2.17. The maximum Gasteiger partial charge on any atom is 0.200 e. The second kappa shape index (κ2) is 6.49. The van der Waals surface area contributed by atoms with Crippen LogP contribution >= 0.6 is 30.0 Å². The van der Waals surface area contributed by atoms with Gasteiger partial charge in [-0.1, -0.05) is 41.9 Å². The van der Waals surface area contributed by atoms with Crippen molar-refractivity contribution < 1.29 is 9.46 Å². The van der Waals surface area contributed by atoms with Crippen LogP contribution in [0.3, 0.4) is 0 Å². The molecule has 0 aromatic rings. The summed E-state index contributed by atoms with van der Waals surface area (Å²) in [6.07, 6.45) is 8.20. The van der Waals surface area contributed by atoms with Gasteiger partial charge in [-0.05, 0) is 25.2 Å². The summed E-state index contributed by atoms with van der Waals surface area (Å²) in [6, 6.07) is 0. The third kappa shape index (κ3) is 5.13. The molecule has 1 fully saturated rings. The van der Waals surface area contributed by atoms with Crippen LogP contribution in [-0.2, 0) is 4.57 Å². The Bertz CT molecular complexity index is 202. The summed E-state index contributed by atoms with van der Waals surface area (Å²) in [5, 5.41) is 0. The van der Waals surface area contributed by atoms with Gasteiger partial charge in [0.25, 0.3) is 0 Å². The molecule has 0 aliphatic heterocycles. The molecule has 1 atom stereocenters. The van der Waals surface area contributed by atoms with Crippen LogP contribution in [-0.4, -0.2) is 21.6 Å². The van der Waals surface area contributed by atoms with E-state index in [0.717, 1.165) is 10.8 Å². The smallest absolute Gasteiger partial charge is 0.200 e. The standard InChI is InChI=1S/C10H20IO2P/c11-7-4-8-14(12,13)9-10-5-2-1-3-6-10/h10H,1-9H2,(H,12,13). The third-order valence-electron chi connectivity index (χ3n) is 2.91. The lowest BCUT2D eigenvalue weighted by Gasteiger charge is -2.23. The Labute approximate surface area is 100 Å². The molecule has 0 heterocycles. The molecular weight excluding hydrogens is 310 g/mol. The van der Waals surface area contributed by atoms with E-state index in [1.165, 1.54) is 32.1 Å². The van der Waals surface area contributed by atoms with E-state index in [9.17, 15) is 9.46 Å². The topological polar surface area (TPSA) is 37.3 Å². The molecule has 0 spiro atoms. The first-order valence-electron chi connectivity index (χ1n) is 5.51. The van der Waals surface area contributed by atoms with Gasteiger partial charge >= 0.3 is 0 Å². The third-order valence-corrected chi connectivity index (χ3v) is 5.77. The van der Waals surface area contributed by atoms with E-state index in [0.29, 0.717) is 18.2 Å². The van der Waals surface area contributed by atoms with Crippen LogP contribution in [0.5, 0.6) is 0 Å². The maximum absolute atomic E-state index is 11.8. The molecule has 1 rings (SSSR count). The largest absolute Gasteiger partial charge is 0.344 e. The van der Waals surface area contributed by atoms with Gasteiger partial charge in [0, 0.05) is 16.8 Å². The highest BCUT2D eigenvalue weighted by Crippen LogP contribution is 2.45. The van der Waals surface area contributed by atoms with Gasteiger partial charge in [0.2, 0.25) is 7.37 Å². The van der Waals surface area contributed by atoms with Gasteiger partial charge in [-0.2, -0.15) is 0 Å². The van der Waals surface area contributed by atoms with Crippen molar-refractivity contribution in [3.8, 4) is 0 Å². The first-order chi connectivity index (χ1) is 6.64. The van der Waals surface area contributed by atoms with Crippen LogP contribution in [0.2, 0.25) is 0 Å². The first-order valence-corrected chi connectivity index (χ1v) is 9.06. The second-order valence-electron chi connectivity index (χ2n) is 4.30. The summed E-state index contributed by atoms with van der Waals surface area (Å²) in [5.74, 6) is 0.536. The zero-order valence-electron chi connectivity index (χ0n) is 8.62. The molecule has 84 valence electrons. The van der Waals surface area contributed by atoms with Crippen LogP contribution in [0.15, 0.2) is 0 Å². The zero-order chi connectivity index (χ0) is 10.4. The Balaban J connectivity index is 2.29. The molecule has 1 aliphatic carbocycles. The Morgan fingerprint density at radius 3 is 2.50 bits per heavy atom. The van der Waals surface area contributed by atoms with E-state index in [4.69, 9.17) is 0 Å². The Hall–Kier alpha value is 0.920. The summed E-state index contributed by atoms with van der Waals surface area (Å²) < 4.78 is 12.8. The predicted molar refractivity (Wildman–Crippen MR) is 69.6 cm³/mol. The van der Waals surface area contributed by atoms with Crippen molar-refractivity contribution in [2.75, 3.05) is 16.8 Å². The van der Waals surface area contributed by atoms with Gasteiger partial charge < -0.3 is 4.89 Å². The number of alkyl halides is 1. The fraction of sp³-hybridized carbons (Fsp3) is 1.00. The minimum Gasteiger partial charge on any atom is -0.344 e. The molecule has 1 saturated carbocycles. The lowest BCUT2D eigenvalue weighted by atomic mass is 9.91. The molecule has 0 radical (unpaired) electrons. The summed E-state index contributed by atoms with van der Waals surface area (Å²) in [4.78, 5) is 9.75. The minimum absolute atomic E-state index is 0.534. The maximum atomic E-state index is 11.8. The molecule has 4 heteroatoms. The summed E-state index contributed by atoms with van der Waals surface area (Å²) in [7, 11) is -2.78. The second-order valence-corrected chi connectivity index (χ2v) is 7.88. The molecule has 0 aromatic carbocycles. The van der Waals surface area contributed by atoms with Gasteiger partial charge in [-0.25, -0.2) is 0 Å². The molecule has 0 aromatic heterocycles. The average Bonchev–Trinajstić information content (AvgIpc) is 2.16. The summed E-state index contributed by atoms with van der Waals surface area (Å²) in [6.45, 7) is 0. The van der Waals surface area contributed by atoms with E-state index in [-0.39, 0.29) is 0 Å². The zero-order valence-corrected chi connectivity index (χ0v) is 11.7. The van der Waals surface area contributed by atoms with Gasteiger partial charge in [-0.3, -0.25) is 4.57 Å². The van der Waals surface area contributed by atoms with Crippen LogP contribution in [0, 0.1) is 5.92 Å². The fourth-order valence-corrected chi connectivity index (χ4v) is 5.16. The van der Waals surface area contributed by atoms with Crippen molar-refractivity contribution >= 4 is 30.0 Å². The van der Waals surface area contributed by atoms with E-state index < -0.39 is 7.37 Å². The average molecular weight is 330 g/mol. The van der Waals surface area contributed by atoms with Crippen LogP contribution in [0.1, 0.15) is 38.5 Å². The highest BCUT2D eigenvalue weighted by Gasteiger charge is 2.24. The minimum atomic E-state index is -2.78. The van der Waals surface area contributed by atoms with Crippen molar-refractivity contribution in [3.63, 3.8) is 0 Å². The Morgan fingerprint density at radius 2 is 1.93 bits per heavy atom. The number of hydrogen-bond donors (Lipinski definition) is 1. The molecule has 0 saturated heterocycles. The van der Waals surface area contributed by atoms with Crippen LogP contribution in [0.25, 0.3) is 0 Å². The first kappa shape index (κ1) is 13.0. The van der Waals surface area contributed by atoms with Gasteiger partial charge in [0.15, 0.2) is 0 Å². The highest BCUT2D eigenvalue weighted by molar-refractivity contribution is 14.1. The van der Waals surface area contributed by atoms with E-state index in [1.54, 1.807) is 0 Å². The van der Waals surface area contributed by atoms with Crippen molar-refractivity contribution in [1.82, 2.24) is 0 Å². The van der Waals surface area contributed by atoms with Crippen LogP contribution < -0.4 is 0 Å². The van der Waals surface area contributed by atoms with E-state index in [1.807, 2.05) is 0 Å². The Kier molecular flexibility index (Phi) is 6.02. The molecule has 1 N–H and O–H groups in total. The summed E-state index contributed by atoms with van der Waals surface area (Å²) >= 11 is 2.27. The number of hydrogen-bond acceptors (Lipinski definition) is 1. The van der Waals surface area contributed by atoms with E-state index >= 15 is 0 Å². The quantitative estimate of drug-likeness (QED) is 0.474. The monoisotopic (exact) mass is 330 g/mol. The number of rotatable bonds is 5. The molecule has 1 unspecified atom stereocenters. The van der Waals surface area contributed by atoms with Gasteiger partial charge in [0.05, 0.1) is 0 Å². The molecular formula is C10H20IO2P. The van der Waals surface area contributed by atoms with Crippen molar-refractivity contribution in [2.45, 2.75) is 38.5 Å². The SMILES string of the molecule is O=P(O)(CCCI)CC1CCCCC1. The predicted octanol–water partition coefficient (Wildman–Crippen LogP) is 3.66. The van der Waals surface area contributed by atoms with Gasteiger partial charge in [0.1, 0.15) is 0 Å². The van der Waals surface area contributed by atoms with Crippen LogP contribution in [0.4, 0.5) is 0 Å². The van der Waals surface area contributed by atoms with E-state index in [2.05, 4.69) is 22.6 Å². The lowest BCUT2D eigenvalue weighted by molar-refractivity contribution is 0.372. The van der Waals surface area contributed by atoms with Crippen molar-refractivity contribution in [2.24, 2.45) is 5.92 Å².